The molecule has 102 valence electrons. The lowest BCUT2D eigenvalue weighted by Gasteiger charge is -2.19. The summed E-state index contributed by atoms with van der Waals surface area (Å²) >= 11 is 0. The normalized spacial score (nSPS) is 12.4. The molecule has 1 heterocycles. The quantitative estimate of drug-likeness (QED) is 0.618. The van der Waals surface area contributed by atoms with Gasteiger partial charge in [-0.2, -0.15) is 0 Å². The van der Waals surface area contributed by atoms with E-state index >= 15 is 0 Å². The number of aryl methyl sites for hydroxylation is 1. The first-order valence-electron chi connectivity index (χ1n) is 6.29. The number of hydrogen-bond donors (Lipinski definition) is 2. The zero-order valence-corrected chi connectivity index (χ0v) is 11.5. The summed E-state index contributed by atoms with van der Waals surface area (Å²) in [6.45, 7) is 2.79. The number of hydrazine groups is 1. The third-order valence-electron chi connectivity index (χ3n) is 3.13. The van der Waals surface area contributed by atoms with Crippen LogP contribution in [-0.2, 0) is 6.54 Å². The summed E-state index contributed by atoms with van der Waals surface area (Å²) in [5.74, 6) is 5.71. The largest absolute Gasteiger partial charge is 0.378 e. The molecule has 0 bridgehead atoms. The van der Waals surface area contributed by atoms with Gasteiger partial charge in [-0.05, 0) is 24.6 Å². The van der Waals surface area contributed by atoms with Crippen molar-refractivity contribution in [1.82, 2.24) is 20.4 Å². The van der Waals surface area contributed by atoms with Gasteiger partial charge in [-0.1, -0.05) is 17.3 Å². The lowest BCUT2D eigenvalue weighted by atomic mass is 10.0. The number of nitrogens with zero attached hydrogens (tertiary/aromatic N) is 4. The van der Waals surface area contributed by atoms with Crippen LogP contribution in [-0.4, -0.2) is 29.1 Å². The summed E-state index contributed by atoms with van der Waals surface area (Å²) < 4.78 is 1.84. The van der Waals surface area contributed by atoms with Crippen LogP contribution in [0.1, 0.15) is 24.2 Å². The van der Waals surface area contributed by atoms with E-state index in [0.29, 0.717) is 0 Å². The Morgan fingerprint density at radius 1 is 1.42 bits per heavy atom. The van der Waals surface area contributed by atoms with Crippen LogP contribution in [0.4, 0.5) is 5.69 Å². The number of anilines is 1. The molecule has 0 aliphatic carbocycles. The summed E-state index contributed by atoms with van der Waals surface area (Å²) in [5.41, 5.74) is 6.02. The molecule has 19 heavy (non-hydrogen) atoms. The first kappa shape index (κ1) is 13.5. The van der Waals surface area contributed by atoms with E-state index in [1.807, 2.05) is 37.8 Å². The van der Waals surface area contributed by atoms with E-state index < -0.39 is 0 Å². The highest BCUT2D eigenvalue weighted by molar-refractivity contribution is 5.48. The molecule has 0 spiro atoms. The van der Waals surface area contributed by atoms with E-state index in [1.54, 1.807) is 6.20 Å². The van der Waals surface area contributed by atoms with Gasteiger partial charge in [0.15, 0.2) is 0 Å². The zero-order valence-electron chi connectivity index (χ0n) is 11.5. The van der Waals surface area contributed by atoms with Gasteiger partial charge in [0.05, 0.1) is 17.9 Å². The van der Waals surface area contributed by atoms with Gasteiger partial charge in [-0.25, -0.2) is 10.1 Å². The number of hydrogen-bond acceptors (Lipinski definition) is 5. The Hall–Kier alpha value is -1.92. The maximum Gasteiger partial charge on any atom is 0.0895 e. The van der Waals surface area contributed by atoms with Gasteiger partial charge in [0.1, 0.15) is 0 Å². The lowest BCUT2D eigenvalue weighted by molar-refractivity contribution is 0.535. The minimum absolute atomic E-state index is 0.116. The molecule has 2 rings (SSSR count). The van der Waals surface area contributed by atoms with E-state index in [-0.39, 0.29) is 6.04 Å². The second-order valence-electron chi connectivity index (χ2n) is 4.56. The third-order valence-corrected chi connectivity index (χ3v) is 3.13. The van der Waals surface area contributed by atoms with Gasteiger partial charge in [-0.15, -0.1) is 5.10 Å². The molecule has 1 aromatic heterocycles. The summed E-state index contributed by atoms with van der Waals surface area (Å²) in [6.07, 6.45) is 1.75. The van der Waals surface area contributed by atoms with Crippen LogP contribution in [0.25, 0.3) is 0 Å². The monoisotopic (exact) mass is 260 g/mol. The molecule has 1 aromatic carbocycles. The highest BCUT2D eigenvalue weighted by atomic mass is 15.4. The van der Waals surface area contributed by atoms with Crippen molar-refractivity contribution in [2.45, 2.75) is 19.5 Å². The van der Waals surface area contributed by atoms with Crippen molar-refractivity contribution in [1.29, 1.82) is 0 Å². The standard InChI is InChI=1S/C13H20N6/c1-4-19-12(9-15-17-19)13(16-14)10-6-5-7-11(8-10)18(2)3/h5-9,13,16H,4,14H2,1-3H3. The number of nitrogens with one attached hydrogen (secondary N) is 1. The summed E-state index contributed by atoms with van der Waals surface area (Å²) in [4.78, 5) is 2.06. The number of benzene rings is 1. The number of nitrogens with two attached hydrogens (primary N) is 1. The van der Waals surface area contributed by atoms with E-state index in [9.17, 15) is 0 Å². The van der Waals surface area contributed by atoms with Crippen LogP contribution in [0.5, 0.6) is 0 Å². The fourth-order valence-electron chi connectivity index (χ4n) is 2.07. The van der Waals surface area contributed by atoms with E-state index in [4.69, 9.17) is 5.84 Å². The molecule has 0 fully saturated rings. The molecule has 0 aliphatic rings. The van der Waals surface area contributed by atoms with Crippen LogP contribution < -0.4 is 16.2 Å². The molecule has 3 N–H and O–H groups in total. The molecule has 1 atom stereocenters. The average Bonchev–Trinajstić information content (AvgIpc) is 2.88. The van der Waals surface area contributed by atoms with Crippen molar-refractivity contribution in [2.75, 3.05) is 19.0 Å². The minimum atomic E-state index is -0.116. The highest BCUT2D eigenvalue weighted by Crippen LogP contribution is 2.24. The fourth-order valence-corrected chi connectivity index (χ4v) is 2.07. The third kappa shape index (κ3) is 2.74. The molecule has 0 radical (unpaired) electrons. The van der Waals surface area contributed by atoms with E-state index in [1.165, 1.54) is 0 Å². The molecule has 1 unspecified atom stereocenters. The predicted molar refractivity (Wildman–Crippen MR) is 75.6 cm³/mol. The van der Waals surface area contributed by atoms with Gasteiger partial charge in [0, 0.05) is 26.3 Å². The van der Waals surface area contributed by atoms with Crippen LogP contribution >= 0.6 is 0 Å². The molecule has 0 aliphatic heterocycles. The van der Waals surface area contributed by atoms with Crippen molar-refractivity contribution in [3.05, 3.63) is 41.7 Å². The SMILES string of the molecule is CCn1nncc1C(NN)c1cccc(N(C)C)c1. The van der Waals surface area contributed by atoms with Crippen LogP contribution in [0, 0.1) is 0 Å². The van der Waals surface area contributed by atoms with Gasteiger partial charge in [-0.3, -0.25) is 5.84 Å². The van der Waals surface area contributed by atoms with Gasteiger partial charge < -0.3 is 4.90 Å². The Morgan fingerprint density at radius 3 is 2.84 bits per heavy atom. The molecule has 6 heteroatoms. The smallest absolute Gasteiger partial charge is 0.0895 e. The minimum Gasteiger partial charge on any atom is -0.378 e. The Bertz CT molecular complexity index is 533. The van der Waals surface area contributed by atoms with Gasteiger partial charge >= 0.3 is 0 Å². The molecule has 2 aromatic rings. The molecular formula is C13H20N6. The maximum atomic E-state index is 5.71. The van der Waals surface area contributed by atoms with Gasteiger partial charge in [0.2, 0.25) is 0 Å². The Morgan fingerprint density at radius 2 is 2.21 bits per heavy atom. The molecule has 0 saturated heterocycles. The van der Waals surface area contributed by atoms with E-state index in [2.05, 4.69) is 32.8 Å². The van der Waals surface area contributed by atoms with Crippen LogP contribution in [0.15, 0.2) is 30.5 Å². The molecular weight excluding hydrogens is 240 g/mol. The molecule has 0 saturated carbocycles. The average molecular weight is 260 g/mol. The van der Waals surface area contributed by atoms with Gasteiger partial charge in [0.25, 0.3) is 0 Å². The summed E-state index contributed by atoms with van der Waals surface area (Å²) in [5, 5.41) is 8.00. The van der Waals surface area contributed by atoms with Crippen LogP contribution in [0.2, 0.25) is 0 Å². The van der Waals surface area contributed by atoms with Crippen LogP contribution in [0.3, 0.4) is 0 Å². The Labute approximate surface area is 113 Å². The highest BCUT2D eigenvalue weighted by Gasteiger charge is 2.17. The summed E-state index contributed by atoms with van der Waals surface area (Å²) in [7, 11) is 4.03. The first-order valence-corrected chi connectivity index (χ1v) is 6.29. The van der Waals surface area contributed by atoms with Crippen molar-refractivity contribution in [3.8, 4) is 0 Å². The van der Waals surface area contributed by atoms with Crippen molar-refractivity contribution >= 4 is 5.69 Å². The number of aromatic nitrogens is 3. The lowest BCUT2D eigenvalue weighted by Crippen LogP contribution is -2.30. The zero-order chi connectivity index (χ0) is 13.8. The van der Waals surface area contributed by atoms with Crippen molar-refractivity contribution < 1.29 is 0 Å². The van der Waals surface area contributed by atoms with Crippen molar-refractivity contribution in [3.63, 3.8) is 0 Å². The molecule has 0 amide bonds. The van der Waals surface area contributed by atoms with Crippen molar-refractivity contribution in [2.24, 2.45) is 5.84 Å². The summed E-state index contributed by atoms with van der Waals surface area (Å²) in [6, 6.07) is 8.12. The second kappa shape index (κ2) is 5.81. The maximum absolute atomic E-state index is 5.71. The molecule has 6 nitrogen and oxygen atoms in total. The Kier molecular flexibility index (Phi) is 4.13. The topological polar surface area (TPSA) is 72.0 Å². The Balaban J connectivity index is 2.39. The number of rotatable bonds is 5. The second-order valence-corrected chi connectivity index (χ2v) is 4.56. The fraction of sp³-hybridized carbons (Fsp3) is 0.385. The predicted octanol–water partition coefficient (Wildman–Crippen LogP) is 0.917. The first-order chi connectivity index (χ1) is 9.17. The van der Waals surface area contributed by atoms with E-state index in [0.717, 1.165) is 23.5 Å².